The van der Waals surface area contributed by atoms with Crippen molar-refractivity contribution in [3.05, 3.63) is 109 Å². The van der Waals surface area contributed by atoms with E-state index in [4.69, 9.17) is 14.2 Å². The van der Waals surface area contributed by atoms with Gasteiger partial charge in [-0.1, -0.05) is 239 Å². The third kappa shape index (κ3) is 58.8. The third-order valence-corrected chi connectivity index (χ3v) is 12.7. The van der Waals surface area contributed by atoms with Gasteiger partial charge in [0.2, 0.25) is 0 Å². The first-order chi connectivity index (χ1) is 36.0. The summed E-state index contributed by atoms with van der Waals surface area (Å²) in [6.07, 6.45) is 82.2. The molecule has 0 radical (unpaired) electrons. The van der Waals surface area contributed by atoms with Gasteiger partial charge in [-0.3, -0.25) is 14.4 Å². The fourth-order valence-corrected chi connectivity index (χ4v) is 8.18. The lowest BCUT2D eigenvalue weighted by Crippen LogP contribution is -2.30. The van der Waals surface area contributed by atoms with Crippen LogP contribution in [0.1, 0.15) is 278 Å². The zero-order chi connectivity index (χ0) is 52.9. The van der Waals surface area contributed by atoms with Crippen molar-refractivity contribution in [3.8, 4) is 0 Å². The van der Waals surface area contributed by atoms with Crippen molar-refractivity contribution < 1.29 is 28.6 Å². The first-order valence-corrected chi connectivity index (χ1v) is 30.4. The maximum atomic E-state index is 12.9. The highest BCUT2D eigenvalue weighted by molar-refractivity contribution is 5.71. The van der Waals surface area contributed by atoms with Crippen molar-refractivity contribution in [1.29, 1.82) is 0 Å². The Hall–Kier alpha value is -3.93. The molecule has 0 aromatic rings. The van der Waals surface area contributed by atoms with Crippen LogP contribution in [0.4, 0.5) is 0 Å². The van der Waals surface area contributed by atoms with Gasteiger partial charge in [0.05, 0.1) is 0 Å². The van der Waals surface area contributed by atoms with Gasteiger partial charge in [0.1, 0.15) is 13.2 Å². The Morgan fingerprint density at radius 3 is 0.890 bits per heavy atom. The molecule has 0 heterocycles. The number of esters is 3. The SMILES string of the molecule is CC/C=C\C/C=C\C/C=C\C/C=C\C/C=C\CCCCCC(=O)OC[C@@H](COC(=O)CCCCCC/C=C\C/C=C\C/C=C\CCCCC)OC(=O)CCCCCCCCC/C=C\CCCCCCCCCC. The van der Waals surface area contributed by atoms with Gasteiger partial charge in [0.15, 0.2) is 6.10 Å². The largest absolute Gasteiger partial charge is 0.462 e. The average Bonchev–Trinajstić information content (AvgIpc) is 3.39. The molecule has 6 heteroatoms. The van der Waals surface area contributed by atoms with E-state index in [0.29, 0.717) is 19.3 Å². The Morgan fingerprint density at radius 1 is 0.288 bits per heavy atom. The Labute approximate surface area is 450 Å². The second-order valence-electron chi connectivity index (χ2n) is 19.9. The normalized spacial score (nSPS) is 12.9. The molecule has 0 unspecified atom stereocenters. The van der Waals surface area contributed by atoms with Crippen LogP contribution >= 0.6 is 0 Å². The predicted octanol–water partition coefficient (Wildman–Crippen LogP) is 20.7. The Morgan fingerprint density at radius 2 is 0.534 bits per heavy atom. The summed E-state index contributed by atoms with van der Waals surface area (Å²) >= 11 is 0. The highest BCUT2D eigenvalue weighted by Crippen LogP contribution is 2.14. The van der Waals surface area contributed by atoms with E-state index in [2.05, 4.69) is 130 Å². The minimum absolute atomic E-state index is 0.103. The van der Waals surface area contributed by atoms with Crippen LogP contribution in [0, 0.1) is 0 Å². The van der Waals surface area contributed by atoms with Crippen LogP contribution in [0.2, 0.25) is 0 Å². The number of hydrogen-bond acceptors (Lipinski definition) is 6. The summed E-state index contributed by atoms with van der Waals surface area (Å²) in [7, 11) is 0. The summed E-state index contributed by atoms with van der Waals surface area (Å²) in [6.45, 7) is 6.46. The number of rotatable bonds is 54. The summed E-state index contributed by atoms with van der Waals surface area (Å²) in [5.41, 5.74) is 0. The lowest BCUT2D eigenvalue weighted by atomic mass is 10.1. The molecule has 1 atom stereocenters. The molecule has 416 valence electrons. The van der Waals surface area contributed by atoms with Crippen LogP contribution in [0.5, 0.6) is 0 Å². The van der Waals surface area contributed by atoms with Crippen LogP contribution in [0.3, 0.4) is 0 Å². The molecule has 0 N–H and O–H groups in total. The zero-order valence-corrected chi connectivity index (χ0v) is 47.6. The average molecular weight is 1010 g/mol. The highest BCUT2D eigenvalue weighted by Gasteiger charge is 2.19. The van der Waals surface area contributed by atoms with Crippen LogP contribution in [-0.4, -0.2) is 37.2 Å². The van der Waals surface area contributed by atoms with E-state index < -0.39 is 6.10 Å². The van der Waals surface area contributed by atoms with E-state index in [9.17, 15) is 14.4 Å². The molecule has 0 spiro atoms. The summed E-state index contributed by atoms with van der Waals surface area (Å²) in [5, 5.41) is 0. The van der Waals surface area contributed by atoms with E-state index >= 15 is 0 Å². The quantitative estimate of drug-likeness (QED) is 0.0261. The number of unbranched alkanes of at least 4 members (excludes halogenated alkanes) is 25. The van der Waals surface area contributed by atoms with Gasteiger partial charge in [-0.25, -0.2) is 0 Å². The second-order valence-corrected chi connectivity index (χ2v) is 19.9. The van der Waals surface area contributed by atoms with Crippen LogP contribution in [0.15, 0.2) is 109 Å². The molecule has 0 rings (SSSR count). The lowest BCUT2D eigenvalue weighted by Gasteiger charge is -2.18. The summed E-state index contributed by atoms with van der Waals surface area (Å²) in [6, 6.07) is 0. The molecular weight excluding hydrogens is 901 g/mol. The number of ether oxygens (including phenoxy) is 3. The standard InChI is InChI=1S/C67H112O6/c1-4-7-10-13-16-19-22-25-28-31-33-36-39-42-45-48-51-54-57-60-66(69)72-63-64(62-71-65(68)59-56-53-50-47-44-41-38-35-30-27-24-21-18-15-12-9-6-3)73-67(70)61-58-55-52-49-46-43-40-37-34-32-29-26-23-20-17-14-11-8-5-2/h7,10,16,18-19,21,25,27-28,30,32-34,36,38,41-42,45,64H,4-6,8-9,11-15,17,20,22-24,26,29,31,35,37,39-40,43-44,46-63H2,1-3H3/b10-7-,19-16-,21-18-,28-25-,30-27-,34-32-,36-33-,41-38-,45-42-/t64-/m1/s1. The lowest BCUT2D eigenvalue weighted by molar-refractivity contribution is -0.167. The summed E-state index contributed by atoms with van der Waals surface area (Å²) in [4.78, 5) is 38.3. The van der Waals surface area contributed by atoms with Crippen molar-refractivity contribution in [3.63, 3.8) is 0 Å². The van der Waals surface area contributed by atoms with Gasteiger partial charge in [0.25, 0.3) is 0 Å². The predicted molar refractivity (Wildman–Crippen MR) is 316 cm³/mol. The number of allylic oxidation sites excluding steroid dienone is 18. The summed E-state index contributed by atoms with van der Waals surface area (Å²) < 4.78 is 16.9. The molecule has 0 aliphatic rings. The van der Waals surface area contributed by atoms with Crippen molar-refractivity contribution in [2.75, 3.05) is 13.2 Å². The molecule has 0 saturated carbocycles. The Balaban J connectivity index is 4.50. The molecule has 0 aromatic heterocycles. The van der Waals surface area contributed by atoms with Gasteiger partial charge in [-0.2, -0.15) is 0 Å². The van der Waals surface area contributed by atoms with Gasteiger partial charge < -0.3 is 14.2 Å². The fourth-order valence-electron chi connectivity index (χ4n) is 8.18. The molecule has 0 fully saturated rings. The number of carbonyl (C=O) groups is 3. The second kappa shape index (κ2) is 60.6. The fraction of sp³-hybridized carbons (Fsp3) is 0.687. The molecule has 6 nitrogen and oxygen atoms in total. The monoisotopic (exact) mass is 1010 g/mol. The zero-order valence-electron chi connectivity index (χ0n) is 47.6. The smallest absolute Gasteiger partial charge is 0.306 e. The minimum atomic E-state index is -0.807. The molecule has 73 heavy (non-hydrogen) atoms. The minimum Gasteiger partial charge on any atom is -0.462 e. The number of hydrogen-bond donors (Lipinski definition) is 0. The van der Waals surface area contributed by atoms with Crippen molar-refractivity contribution in [2.24, 2.45) is 0 Å². The topological polar surface area (TPSA) is 78.9 Å². The van der Waals surface area contributed by atoms with E-state index in [-0.39, 0.29) is 31.1 Å². The Kier molecular flexibility index (Phi) is 57.4. The van der Waals surface area contributed by atoms with Gasteiger partial charge >= 0.3 is 17.9 Å². The van der Waals surface area contributed by atoms with E-state index in [1.165, 1.54) is 116 Å². The first-order valence-electron chi connectivity index (χ1n) is 30.4. The summed E-state index contributed by atoms with van der Waals surface area (Å²) in [5.74, 6) is -0.956. The first kappa shape index (κ1) is 69.1. The molecule has 0 aromatic carbocycles. The van der Waals surface area contributed by atoms with Crippen molar-refractivity contribution in [1.82, 2.24) is 0 Å². The molecule has 0 amide bonds. The van der Waals surface area contributed by atoms with Gasteiger partial charge in [-0.05, 0) is 128 Å². The molecule has 0 saturated heterocycles. The number of carbonyl (C=O) groups excluding carboxylic acids is 3. The van der Waals surface area contributed by atoms with Crippen LogP contribution in [0.25, 0.3) is 0 Å². The van der Waals surface area contributed by atoms with E-state index in [0.717, 1.165) is 122 Å². The molecular formula is C67H112O6. The van der Waals surface area contributed by atoms with Crippen LogP contribution in [-0.2, 0) is 28.6 Å². The van der Waals surface area contributed by atoms with E-state index in [1.807, 2.05) is 0 Å². The van der Waals surface area contributed by atoms with Gasteiger partial charge in [-0.15, -0.1) is 0 Å². The maximum Gasteiger partial charge on any atom is 0.306 e. The highest BCUT2D eigenvalue weighted by atomic mass is 16.6. The van der Waals surface area contributed by atoms with Crippen molar-refractivity contribution >= 4 is 17.9 Å². The third-order valence-electron chi connectivity index (χ3n) is 12.7. The molecule has 0 aliphatic heterocycles. The van der Waals surface area contributed by atoms with Gasteiger partial charge in [0, 0.05) is 19.3 Å². The molecule has 0 aliphatic carbocycles. The van der Waals surface area contributed by atoms with Crippen molar-refractivity contribution in [2.45, 2.75) is 284 Å². The van der Waals surface area contributed by atoms with E-state index in [1.54, 1.807) is 0 Å². The van der Waals surface area contributed by atoms with Crippen LogP contribution < -0.4 is 0 Å². The maximum absolute atomic E-state index is 12.9. The molecule has 0 bridgehead atoms. The Bertz CT molecular complexity index is 1490.